The van der Waals surface area contributed by atoms with Crippen LogP contribution in [-0.4, -0.2) is 53.4 Å². The van der Waals surface area contributed by atoms with Crippen LogP contribution in [0.1, 0.15) is 45.9 Å². The number of nitrogens with zero attached hydrogens (tertiary/aromatic N) is 4. The predicted octanol–water partition coefficient (Wildman–Crippen LogP) is 2.82. The Hall–Kier alpha value is -2.48. The lowest BCUT2D eigenvalue weighted by molar-refractivity contribution is -0.113. The van der Waals surface area contributed by atoms with Crippen molar-refractivity contribution >= 4 is 5.96 Å². The highest BCUT2D eigenvalue weighted by Crippen LogP contribution is 2.42. The Morgan fingerprint density at radius 3 is 2.93 bits per heavy atom. The van der Waals surface area contributed by atoms with Crippen LogP contribution in [-0.2, 0) is 11.2 Å². The average Bonchev–Trinajstić information content (AvgIpc) is 3.21. The number of aromatic nitrogens is 3. The summed E-state index contributed by atoms with van der Waals surface area (Å²) in [5, 5.41) is 10.9. The Kier molecular flexibility index (Phi) is 7.19. The second kappa shape index (κ2) is 9.82. The van der Waals surface area contributed by atoms with Crippen LogP contribution in [0.25, 0.3) is 11.6 Å². The van der Waals surface area contributed by atoms with Gasteiger partial charge < -0.3 is 19.9 Å². The van der Waals surface area contributed by atoms with Gasteiger partial charge in [-0.3, -0.25) is 9.98 Å². The van der Waals surface area contributed by atoms with Crippen molar-refractivity contribution in [3.05, 3.63) is 30.2 Å². The van der Waals surface area contributed by atoms with Gasteiger partial charge in [0.2, 0.25) is 0 Å². The van der Waals surface area contributed by atoms with Crippen LogP contribution in [0, 0.1) is 5.41 Å². The van der Waals surface area contributed by atoms with Gasteiger partial charge in [-0.05, 0) is 25.0 Å². The summed E-state index contributed by atoms with van der Waals surface area (Å²) in [5.74, 6) is 1.86. The molecule has 2 heterocycles. The minimum absolute atomic E-state index is 0.0800. The zero-order chi connectivity index (χ0) is 20.7. The summed E-state index contributed by atoms with van der Waals surface area (Å²) in [6, 6.07) is 5.93. The minimum atomic E-state index is 0.0800. The number of ether oxygens (including phenoxy) is 1. The molecule has 0 amide bonds. The smallest absolute Gasteiger partial charge is 0.276 e. The van der Waals surface area contributed by atoms with Gasteiger partial charge in [0.25, 0.3) is 5.89 Å². The number of unbranched alkanes of at least 4 members (excludes halogenated alkanes) is 1. The second-order valence-electron chi connectivity index (χ2n) is 7.95. The van der Waals surface area contributed by atoms with E-state index in [1.54, 1.807) is 13.2 Å². The molecule has 29 heavy (non-hydrogen) atoms. The highest BCUT2D eigenvalue weighted by molar-refractivity contribution is 5.80. The van der Waals surface area contributed by atoms with Crippen molar-refractivity contribution in [2.45, 2.75) is 58.6 Å². The number of guanidine groups is 1. The highest BCUT2D eigenvalue weighted by atomic mass is 16.5. The molecule has 0 aromatic carbocycles. The van der Waals surface area contributed by atoms with Gasteiger partial charge in [0, 0.05) is 44.3 Å². The fraction of sp³-hybridized carbons (Fsp3) is 0.619. The van der Waals surface area contributed by atoms with E-state index in [0.717, 1.165) is 31.8 Å². The molecule has 2 unspecified atom stereocenters. The first kappa shape index (κ1) is 21.2. The molecular formula is C21H32N6O2. The molecule has 1 fully saturated rings. The van der Waals surface area contributed by atoms with Gasteiger partial charge in [-0.2, -0.15) is 4.98 Å². The van der Waals surface area contributed by atoms with Crippen molar-refractivity contribution in [3.63, 3.8) is 0 Å². The zero-order valence-corrected chi connectivity index (χ0v) is 17.8. The molecule has 2 atom stereocenters. The fourth-order valence-electron chi connectivity index (χ4n) is 3.38. The van der Waals surface area contributed by atoms with Crippen molar-refractivity contribution in [2.24, 2.45) is 10.4 Å². The molecule has 0 aliphatic heterocycles. The number of hydrogen-bond donors (Lipinski definition) is 2. The van der Waals surface area contributed by atoms with Gasteiger partial charge in [0.15, 0.2) is 11.8 Å². The molecule has 1 saturated carbocycles. The average molecular weight is 401 g/mol. The van der Waals surface area contributed by atoms with Crippen LogP contribution < -0.4 is 10.6 Å². The number of hydrogen-bond acceptors (Lipinski definition) is 6. The molecule has 2 aromatic rings. The molecule has 1 aliphatic carbocycles. The van der Waals surface area contributed by atoms with E-state index in [1.807, 2.05) is 18.2 Å². The maximum Gasteiger partial charge on any atom is 0.276 e. The molecule has 0 radical (unpaired) electrons. The van der Waals surface area contributed by atoms with Crippen LogP contribution in [0.3, 0.4) is 0 Å². The topological polar surface area (TPSA) is 97.5 Å². The Balaban J connectivity index is 1.43. The van der Waals surface area contributed by atoms with Crippen molar-refractivity contribution in [1.82, 2.24) is 25.8 Å². The van der Waals surface area contributed by atoms with Crippen LogP contribution in [0.2, 0.25) is 0 Å². The quantitative estimate of drug-likeness (QED) is 0.379. The maximum atomic E-state index is 6.02. The van der Waals surface area contributed by atoms with E-state index in [4.69, 9.17) is 9.26 Å². The Morgan fingerprint density at radius 1 is 1.38 bits per heavy atom. The molecule has 8 nitrogen and oxygen atoms in total. The monoisotopic (exact) mass is 400 g/mol. The van der Waals surface area contributed by atoms with Gasteiger partial charge in [-0.1, -0.05) is 38.4 Å². The Labute approximate surface area is 172 Å². The largest absolute Gasteiger partial charge is 0.378 e. The van der Waals surface area contributed by atoms with Crippen LogP contribution >= 0.6 is 0 Å². The number of pyridine rings is 1. The SMILES string of the molecule is CCCCOC1CC(NC(=NC)NCCc2noc(-c3ccccn3)n2)C1(C)C. The molecule has 8 heteroatoms. The standard InChI is InChI=1S/C21H32N6O2/c1-5-6-13-28-17-14-16(21(17,2)3)25-20(22-4)24-12-10-18-26-19(29-27-18)15-9-7-8-11-23-15/h7-9,11,16-17H,5-6,10,12-14H2,1-4H3,(H2,22,24,25). The van der Waals surface area contributed by atoms with E-state index < -0.39 is 0 Å². The molecular weight excluding hydrogens is 368 g/mol. The van der Waals surface area contributed by atoms with E-state index in [1.165, 1.54) is 0 Å². The first-order valence-electron chi connectivity index (χ1n) is 10.4. The summed E-state index contributed by atoms with van der Waals surface area (Å²) in [5.41, 5.74) is 0.760. The van der Waals surface area contributed by atoms with Gasteiger partial charge >= 0.3 is 0 Å². The van der Waals surface area contributed by atoms with E-state index in [2.05, 4.69) is 51.5 Å². The molecule has 158 valence electrons. The summed E-state index contributed by atoms with van der Waals surface area (Å²) < 4.78 is 11.3. The van der Waals surface area contributed by atoms with E-state index >= 15 is 0 Å². The predicted molar refractivity (Wildman–Crippen MR) is 113 cm³/mol. The number of aliphatic imine (C=N–C) groups is 1. The highest BCUT2D eigenvalue weighted by Gasteiger charge is 2.49. The van der Waals surface area contributed by atoms with Crippen molar-refractivity contribution in [2.75, 3.05) is 20.2 Å². The molecule has 1 aliphatic rings. The van der Waals surface area contributed by atoms with E-state index in [-0.39, 0.29) is 5.41 Å². The lowest BCUT2D eigenvalue weighted by atomic mass is 9.64. The molecule has 0 saturated heterocycles. The Bertz CT molecular complexity index is 789. The maximum absolute atomic E-state index is 6.02. The van der Waals surface area contributed by atoms with Gasteiger partial charge in [0.05, 0.1) is 6.10 Å². The van der Waals surface area contributed by atoms with Crippen LogP contribution in [0.15, 0.2) is 33.9 Å². The first-order chi connectivity index (χ1) is 14.0. The lowest BCUT2D eigenvalue weighted by Gasteiger charge is -2.52. The molecule has 2 aromatic heterocycles. The van der Waals surface area contributed by atoms with Crippen LogP contribution in [0.5, 0.6) is 0 Å². The summed E-state index contributed by atoms with van der Waals surface area (Å²) in [6.07, 6.45) is 5.91. The van der Waals surface area contributed by atoms with Gasteiger partial charge in [-0.25, -0.2) is 0 Å². The number of nitrogens with one attached hydrogen (secondary N) is 2. The number of rotatable bonds is 9. The van der Waals surface area contributed by atoms with Crippen molar-refractivity contribution < 1.29 is 9.26 Å². The zero-order valence-electron chi connectivity index (χ0n) is 17.8. The molecule has 3 rings (SSSR count). The molecule has 2 N–H and O–H groups in total. The van der Waals surface area contributed by atoms with Gasteiger partial charge in [-0.15, -0.1) is 0 Å². The van der Waals surface area contributed by atoms with E-state index in [0.29, 0.717) is 42.5 Å². The summed E-state index contributed by atoms with van der Waals surface area (Å²) in [7, 11) is 1.78. The third kappa shape index (κ3) is 5.32. The summed E-state index contributed by atoms with van der Waals surface area (Å²) in [4.78, 5) is 13.0. The third-order valence-corrected chi connectivity index (χ3v) is 5.52. The fourth-order valence-corrected chi connectivity index (χ4v) is 3.38. The van der Waals surface area contributed by atoms with Gasteiger partial charge in [0.1, 0.15) is 5.69 Å². The third-order valence-electron chi connectivity index (χ3n) is 5.52. The Morgan fingerprint density at radius 2 is 2.24 bits per heavy atom. The van der Waals surface area contributed by atoms with Crippen molar-refractivity contribution in [1.29, 1.82) is 0 Å². The van der Waals surface area contributed by atoms with Crippen molar-refractivity contribution in [3.8, 4) is 11.6 Å². The normalized spacial score (nSPS) is 20.9. The minimum Gasteiger partial charge on any atom is -0.378 e. The molecule has 0 bridgehead atoms. The van der Waals surface area contributed by atoms with E-state index in [9.17, 15) is 0 Å². The summed E-state index contributed by atoms with van der Waals surface area (Å²) >= 11 is 0. The van der Waals surface area contributed by atoms with Crippen LogP contribution in [0.4, 0.5) is 0 Å². The lowest BCUT2D eigenvalue weighted by Crippen LogP contribution is -2.63. The second-order valence-corrected chi connectivity index (χ2v) is 7.95. The molecule has 0 spiro atoms. The first-order valence-corrected chi connectivity index (χ1v) is 10.4. The summed E-state index contributed by atoms with van der Waals surface area (Å²) in [6.45, 7) is 8.18.